The molecule has 0 aromatic heterocycles. The lowest BCUT2D eigenvalue weighted by atomic mass is 9.87. The molecule has 2 atom stereocenters. The van der Waals surface area contributed by atoms with Crippen LogP contribution in [0.2, 0.25) is 0 Å². The number of hydrogen-bond donors (Lipinski definition) is 2. The third kappa shape index (κ3) is 5.76. The normalized spacial score (nSPS) is 22.1. The number of nitrogens with one attached hydrogen (secondary N) is 2. The van der Waals surface area contributed by atoms with Crippen LogP contribution >= 0.6 is 0 Å². The van der Waals surface area contributed by atoms with Crippen molar-refractivity contribution in [2.45, 2.75) is 45.7 Å². The molecule has 2 N–H and O–H groups in total. The van der Waals surface area contributed by atoms with E-state index in [1.807, 2.05) is 0 Å². The van der Waals surface area contributed by atoms with E-state index < -0.39 is 10.0 Å². The van der Waals surface area contributed by atoms with E-state index >= 15 is 0 Å². The zero-order chi connectivity index (χ0) is 15.6. The summed E-state index contributed by atoms with van der Waals surface area (Å²) in [6.07, 6.45) is 2.57. The molecule has 1 aliphatic heterocycles. The first-order chi connectivity index (χ1) is 9.02. The number of carbonyl (C=O) groups excluding carboxylic acids is 1. The minimum atomic E-state index is -3.21. The van der Waals surface area contributed by atoms with Crippen molar-refractivity contribution in [3.63, 3.8) is 0 Å². The smallest absolute Gasteiger partial charge is 0.239 e. The van der Waals surface area contributed by atoms with E-state index in [9.17, 15) is 13.2 Å². The minimum Gasteiger partial charge on any atom is -0.340 e. The summed E-state index contributed by atoms with van der Waals surface area (Å²) >= 11 is 0. The number of amides is 1. The van der Waals surface area contributed by atoms with Crippen LogP contribution in [0.25, 0.3) is 0 Å². The van der Waals surface area contributed by atoms with Crippen LogP contribution < -0.4 is 10.0 Å². The van der Waals surface area contributed by atoms with Crippen molar-refractivity contribution in [3.8, 4) is 0 Å². The highest BCUT2D eigenvalue weighted by atomic mass is 32.2. The number of carbonyl (C=O) groups is 1. The van der Waals surface area contributed by atoms with Crippen molar-refractivity contribution < 1.29 is 13.2 Å². The Balaban J connectivity index is 2.60. The van der Waals surface area contributed by atoms with E-state index in [1.54, 1.807) is 11.9 Å². The summed E-state index contributed by atoms with van der Waals surface area (Å²) in [6, 6.07) is -0.381. The van der Waals surface area contributed by atoms with Crippen molar-refractivity contribution in [1.82, 2.24) is 14.9 Å². The summed E-state index contributed by atoms with van der Waals surface area (Å²) in [7, 11) is -1.43. The highest BCUT2D eigenvalue weighted by molar-refractivity contribution is 7.88. The first kappa shape index (κ1) is 17.4. The molecule has 1 fully saturated rings. The van der Waals surface area contributed by atoms with Crippen molar-refractivity contribution in [2.24, 2.45) is 5.41 Å². The molecule has 1 heterocycles. The molecule has 0 aliphatic carbocycles. The average molecular weight is 305 g/mol. The third-order valence-electron chi connectivity index (χ3n) is 3.34. The van der Waals surface area contributed by atoms with Gasteiger partial charge in [0.1, 0.15) is 0 Å². The van der Waals surface area contributed by atoms with E-state index in [4.69, 9.17) is 0 Å². The second-order valence-electron chi connectivity index (χ2n) is 6.77. The van der Waals surface area contributed by atoms with Gasteiger partial charge in [0.2, 0.25) is 15.9 Å². The van der Waals surface area contributed by atoms with Gasteiger partial charge >= 0.3 is 0 Å². The topological polar surface area (TPSA) is 78.5 Å². The number of likely N-dealkylation sites (N-methyl/N-ethyl adjacent to an activating group) is 1. The average Bonchev–Trinajstić information content (AvgIpc) is 2.69. The van der Waals surface area contributed by atoms with Crippen LogP contribution in [0.1, 0.15) is 33.6 Å². The first-order valence-electron chi connectivity index (χ1n) is 6.95. The van der Waals surface area contributed by atoms with E-state index in [-0.39, 0.29) is 23.4 Å². The number of likely N-dealkylation sites (tertiary alicyclic amines) is 1. The van der Waals surface area contributed by atoms with Gasteiger partial charge in [0.15, 0.2) is 0 Å². The summed E-state index contributed by atoms with van der Waals surface area (Å²) in [5.74, 6) is 0.0558. The summed E-state index contributed by atoms with van der Waals surface area (Å²) in [4.78, 5) is 14.2. The highest BCUT2D eigenvalue weighted by Gasteiger charge is 2.33. The molecule has 0 bridgehead atoms. The second kappa shape index (κ2) is 6.41. The van der Waals surface area contributed by atoms with Gasteiger partial charge in [-0.1, -0.05) is 20.8 Å². The first-order valence-corrected chi connectivity index (χ1v) is 8.84. The van der Waals surface area contributed by atoms with Crippen LogP contribution in [0.3, 0.4) is 0 Å². The minimum absolute atomic E-state index is 0.0558. The summed E-state index contributed by atoms with van der Waals surface area (Å²) < 4.78 is 25.0. The van der Waals surface area contributed by atoms with Crippen molar-refractivity contribution in [2.75, 3.05) is 26.4 Å². The fraction of sp³-hybridized carbons (Fsp3) is 0.923. The quantitative estimate of drug-likeness (QED) is 0.758. The van der Waals surface area contributed by atoms with Crippen molar-refractivity contribution in [3.05, 3.63) is 0 Å². The van der Waals surface area contributed by atoms with E-state index in [0.717, 1.165) is 12.7 Å². The van der Waals surface area contributed by atoms with Crippen LogP contribution in [0, 0.1) is 5.41 Å². The Labute approximate surface area is 122 Å². The summed E-state index contributed by atoms with van der Waals surface area (Å²) in [5, 5.41) is 3.07. The fourth-order valence-electron chi connectivity index (χ4n) is 2.50. The van der Waals surface area contributed by atoms with E-state index in [0.29, 0.717) is 19.5 Å². The Morgan fingerprint density at radius 1 is 1.40 bits per heavy atom. The molecule has 1 amide bonds. The maximum Gasteiger partial charge on any atom is 0.239 e. The van der Waals surface area contributed by atoms with Crippen LogP contribution in [-0.4, -0.2) is 57.7 Å². The SMILES string of the molecule is CNC(CC(C)(C)C)C(=O)N1CC[C@H](NS(C)(=O)=O)C1. The number of hydrogen-bond acceptors (Lipinski definition) is 4. The largest absolute Gasteiger partial charge is 0.340 e. The van der Waals surface area contributed by atoms with Gasteiger partial charge in [-0.25, -0.2) is 13.1 Å². The zero-order valence-corrected chi connectivity index (χ0v) is 13.9. The van der Waals surface area contributed by atoms with Gasteiger partial charge in [-0.05, 0) is 25.3 Å². The highest BCUT2D eigenvalue weighted by Crippen LogP contribution is 2.22. The van der Waals surface area contributed by atoms with Gasteiger partial charge < -0.3 is 10.2 Å². The maximum atomic E-state index is 12.5. The van der Waals surface area contributed by atoms with Gasteiger partial charge in [-0.3, -0.25) is 4.79 Å². The Morgan fingerprint density at radius 2 is 2.00 bits per heavy atom. The molecule has 0 radical (unpaired) electrons. The third-order valence-corrected chi connectivity index (χ3v) is 4.11. The molecular weight excluding hydrogens is 278 g/mol. The number of sulfonamides is 1. The lowest BCUT2D eigenvalue weighted by Crippen LogP contribution is -2.47. The van der Waals surface area contributed by atoms with E-state index in [2.05, 4.69) is 30.8 Å². The molecule has 1 saturated heterocycles. The predicted molar refractivity (Wildman–Crippen MR) is 79.9 cm³/mol. The molecule has 1 rings (SSSR count). The summed E-state index contributed by atoms with van der Waals surface area (Å²) in [5.41, 5.74) is 0.0630. The molecule has 0 aromatic rings. The second-order valence-corrected chi connectivity index (χ2v) is 8.55. The number of rotatable bonds is 5. The van der Waals surface area contributed by atoms with Gasteiger partial charge in [-0.2, -0.15) is 0 Å². The lowest BCUT2D eigenvalue weighted by molar-refractivity contribution is -0.133. The van der Waals surface area contributed by atoms with Crippen LogP contribution in [0.5, 0.6) is 0 Å². The molecule has 0 spiro atoms. The van der Waals surface area contributed by atoms with Gasteiger partial charge in [0, 0.05) is 19.1 Å². The van der Waals surface area contributed by atoms with Crippen LogP contribution in [-0.2, 0) is 14.8 Å². The molecule has 7 heteroatoms. The molecule has 0 aromatic carbocycles. The Bertz CT molecular complexity index is 442. The molecule has 6 nitrogen and oxygen atoms in total. The lowest BCUT2D eigenvalue weighted by Gasteiger charge is -2.28. The Morgan fingerprint density at radius 3 is 2.45 bits per heavy atom. The molecule has 1 unspecified atom stereocenters. The van der Waals surface area contributed by atoms with Crippen LogP contribution in [0.15, 0.2) is 0 Å². The number of nitrogens with zero attached hydrogens (tertiary/aromatic N) is 1. The van der Waals surface area contributed by atoms with E-state index in [1.165, 1.54) is 0 Å². The standard InChI is InChI=1S/C13H27N3O3S/c1-13(2,3)8-11(14-4)12(17)16-7-6-10(9-16)15-20(5,18)19/h10-11,14-15H,6-9H2,1-5H3/t10-,11?/m0/s1. The van der Waals surface area contributed by atoms with Gasteiger partial charge in [-0.15, -0.1) is 0 Å². The van der Waals surface area contributed by atoms with Gasteiger partial charge in [0.05, 0.1) is 12.3 Å². The van der Waals surface area contributed by atoms with Crippen molar-refractivity contribution >= 4 is 15.9 Å². The fourth-order valence-corrected chi connectivity index (χ4v) is 3.30. The maximum absolute atomic E-state index is 12.5. The molecule has 118 valence electrons. The van der Waals surface area contributed by atoms with Gasteiger partial charge in [0.25, 0.3) is 0 Å². The predicted octanol–water partition coefficient (Wildman–Crippen LogP) is 0.161. The summed E-state index contributed by atoms with van der Waals surface area (Å²) in [6.45, 7) is 7.36. The van der Waals surface area contributed by atoms with Crippen molar-refractivity contribution in [1.29, 1.82) is 0 Å². The molecule has 20 heavy (non-hydrogen) atoms. The molecule has 0 saturated carbocycles. The molecular formula is C13H27N3O3S. The zero-order valence-electron chi connectivity index (χ0n) is 13.1. The van der Waals surface area contributed by atoms with Crippen LogP contribution in [0.4, 0.5) is 0 Å². The Kier molecular flexibility index (Phi) is 5.57. The monoisotopic (exact) mass is 305 g/mol. The molecule has 1 aliphatic rings. The Hall–Kier alpha value is -0.660.